The Kier molecular flexibility index (Phi) is 6.73. The molecule has 0 radical (unpaired) electrons. The molecule has 4 rings (SSSR count). The van der Waals surface area contributed by atoms with Gasteiger partial charge in [0.1, 0.15) is 11.5 Å². The van der Waals surface area contributed by atoms with Gasteiger partial charge in [-0.05, 0) is 42.7 Å². The van der Waals surface area contributed by atoms with Crippen LogP contribution in [-0.4, -0.2) is 22.3 Å². The minimum absolute atomic E-state index is 0.124. The summed E-state index contributed by atoms with van der Waals surface area (Å²) in [5.41, 5.74) is 2.15. The quantitative estimate of drug-likeness (QED) is 0.473. The minimum Gasteiger partial charge on any atom is -0.376 e. The Hall–Kier alpha value is -2.84. The van der Waals surface area contributed by atoms with Crippen molar-refractivity contribution in [2.45, 2.75) is 45.0 Å². The molecule has 1 heterocycles. The number of ether oxygens (including phenoxy) is 1. The van der Waals surface area contributed by atoms with Crippen molar-refractivity contribution < 1.29 is 17.9 Å². The smallest absolute Gasteiger partial charge is 0.376 e. The number of alkyl halides is 3. The first-order valence-corrected chi connectivity index (χ1v) is 11.5. The monoisotopic (exact) mass is 491 g/mol. The second-order valence-electron chi connectivity index (χ2n) is 8.19. The molecular weight excluding hydrogens is 467 g/mol. The van der Waals surface area contributed by atoms with Crippen LogP contribution in [0.25, 0.3) is 11.4 Å². The zero-order valence-corrected chi connectivity index (χ0v) is 19.8. The van der Waals surface area contributed by atoms with Gasteiger partial charge in [-0.3, -0.25) is 9.36 Å². The van der Waals surface area contributed by atoms with E-state index in [1.165, 1.54) is 17.7 Å². The van der Waals surface area contributed by atoms with Crippen molar-refractivity contribution in [2.24, 2.45) is 7.05 Å². The van der Waals surface area contributed by atoms with E-state index < -0.39 is 11.7 Å². The molecule has 1 aliphatic rings. The van der Waals surface area contributed by atoms with E-state index in [0.29, 0.717) is 24.4 Å². The fourth-order valence-corrected chi connectivity index (χ4v) is 4.68. The topological polar surface area (TPSA) is 56.1 Å². The second-order valence-corrected chi connectivity index (χ2v) is 8.59. The molecule has 5 nitrogen and oxygen atoms in total. The van der Waals surface area contributed by atoms with Gasteiger partial charge in [0.2, 0.25) is 0 Å². The van der Waals surface area contributed by atoms with Gasteiger partial charge < -0.3 is 10.1 Å². The normalized spacial score (nSPS) is 17.6. The van der Waals surface area contributed by atoms with Crippen LogP contribution < -0.4 is 10.9 Å². The molecule has 2 aromatic carbocycles. The number of hydrogen-bond acceptors (Lipinski definition) is 4. The Labute approximate surface area is 200 Å². The van der Waals surface area contributed by atoms with Gasteiger partial charge in [0.05, 0.1) is 28.4 Å². The van der Waals surface area contributed by atoms with Crippen LogP contribution in [0.2, 0.25) is 5.02 Å². The molecule has 1 aliphatic carbocycles. The Morgan fingerprint density at radius 3 is 2.59 bits per heavy atom. The first-order valence-electron chi connectivity index (χ1n) is 11.1. The molecule has 0 spiro atoms. The Morgan fingerprint density at radius 1 is 1.21 bits per heavy atom. The number of anilines is 1. The van der Waals surface area contributed by atoms with Crippen LogP contribution >= 0.6 is 11.6 Å². The third-order valence-electron chi connectivity index (χ3n) is 6.10. The first-order chi connectivity index (χ1) is 16.2. The molecule has 0 amide bonds. The molecule has 9 heteroatoms. The lowest BCUT2D eigenvalue weighted by atomic mass is 10.1. The maximum absolute atomic E-state index is 13.4. The molecule has 3 aromatic rings. The maximum Gasteiger partial charge on any atom is 0.416 e. The molecular formula is C25H25ClF3N3O2. The average molecular weight is 492 g/mol. The van der Waals surface area contributed by atoms with Gasteiger partial charge in [-0.15, -0.1) is 0 Å². The summed E-state index contributed by atoms with van der Waals surface area (Å²) in [6.07, 6.45) is -3.48. The van der Waals surface area contributed by atoms with Crippen LogP contribution in [-0.2, 0) is 30.8 Å². The molecule has 0 saturated heterocycles. The lowest BCUT2D eigenvalue weighted by molar-refractivity contribution is -0.137. The summed E-state index contributed by atoms with van der Waals surface area (Å²) in [4.78, 5) is 18.1. The van der Waals surface area contributed by atoms with Crippen LogP contribution in [0.3, 0.4) is 0 Å². The van der Waals surface area contributed by atoms with E-state index in [1.807, 2.05) is 32.0 Å². The molecule has 0 saturated carbocycles. The Bertz CT molecular complexity index is 1270. The zero-order chi connectivity index (χ0) is 24.6. The Morgan fingerprint density at radius 2 is 1.94 bits per heavy atom. The number of fused-ring (bicyclic) bond motifs is 1. The number of aryl methyl sites for hydroxylation is 1. The van der Waals surface area contributed by atoms with Gasteiger partial charge in [0, 0.05) is 25.6 Å². The fraction of sp³-hybridized carbons (Fsp3) is 0.360. The molecule has 1 N–H and O–H groups in total. The third kappa shape index (κ3) is 4.44. The summed E-state index contributed by atoms with van der Waals surface area (Å²) in [6, 6.07) is 10.8. The van der Waals surface area contributed by atoms with E-state index in [9.17, 15) is 18.0 Å². The number of hydrogen-bond donors (Lipinski definition) is 1. The Balaban J connectivity index is 1.77. The number of rotatable bonds is 6. The highest BCUT2D eigenvalue weighted by Gasteiger charge is 2.34. The summed E-state index contributed by atoms with van der Waals surface area (Å²) < 4.78 is 46.4. The van der Waals surface area contributed by atoms with Crippen molar-refractivity contribution in [1.29, 1.82) is 0 Å². The van der Waals surface area contributed by atoms with Crippen LogP contribution in [0, 0.1) is 0 Å². The fourth-order valence-electron chi connectivity index (χ4n) is 4.41. The van der Waals surface area contributed by atoms with E-state index in [4.69, 9.17) is 16.3 Å². The first kappa shape index (κ1) is 24.3. The van der Waals surface area contributed by atoms with E-state index in [2.05, 4.69) is 16.4 Å². The number of benzene rings is 2. The highest BCUT2D eigenvalue weighted by atomic mass is 35.5. The van der Waals surface area contributed by atoms with Gasteiger partial charge in [-0.2, -0.15) is 13.2 Å². The summed E-state index contributed by atoms with van der Waals surface area (Å²) in [7, 11) is 1.53. The highest BCUT2D eigenvalue weighted by molar-refractivity contribution is 6.33. The van der Waals surface area contributed by atoms with Crippen molar-refractivity contribution >= 4 is 17.3 Å². The van der Waals surface area contributed by atoms with Crippen LogP contribution in [0.4, 0.5) is 18.9 Å². The molecule has 2 unspecified atom stereocenters. The lowest BCUT2D eigenvalue weighted by Crippen LogP contribution is -2.31. The van der Waals surface area contributed by atoms with Crippen molar-refractivity contribution in [3.8, 4) is 11.4 Å². The van der Waals surface area contributed by atoms with Gasteiger partial charge in [-0.25, -0.2) is 4.98 Å². The summed E-state index contributed by atoms with van der Waals surface area (Å²) in [5.74, 6) is 0.208. The van der Waals surface area contributed by atoms with Crippen molar-refractivity contribution in [2.75, 3.05) is 11.9 Å². The van der Waals surface area contributed by atoms with Gasteiger partial charge >= 0.3 is 6.18 Å². The lowest BCUT2D eigenvalue weighted by Gasteiger charge is -2.24. The van der Waals surface area contributed by atoms with E-state index in [-0.39, 0.29) is 34.1 Å². The zero-order valence-electron chi connectivity index (χ0n) is 19.0. The second kappa shape index (κ2) is 9.43. The van der Waals surface area contributed by atoms with Crippen LogP contribution in [0.15, 0.2) is 47.3 Å². The molecule has 180 valence electrons. The number of nitrogens with zero attached hydrogens (tertiary/aromatic N) is 2. The standard InChI is InChI=1S/C25H25ClF3N3O2/c1-4-19-22(31-21-16-9-7-6-8-14(16)12-20(21)34-5-2)24(33)32(3)23(30-19)17-11-10-15(13-18(17)26)25(27,28)29/h6-11,13,20-21,31H,4-5,12H2,1-3H3. The largest absolute Gasteiger partial charge is 0.416 e. The molecule has 34 heavy (non-hydrogen) atoms. The molecule has 1 aromatic heterocycles. The molecule has 0 fully saturated rings. The third-order valence-corrected chi connectivity index (χ3v) is 6.41. The van der Waals surface area contributed by atoms with Gasteiger partial charge in [-0.1, -0.05) is 42.8 Å². The number of halogens is 4. The average Bonchev–Trinajstić information content (AvgIpc) is 3.14. The van der Waals surface area contributed by atoms with Crippen LogP contribution in [0.5, 0.6) is 0 Å². The van der Waals surface area contributed by atoms with Crippen molar-refractivity contribution in [1.82, 2.24) is 9.55 Å². The summed E-state index contributed by atoms with van der Waals surface area (Å²) in [6.45, 7) is 4.34. The molecule has 0 bridgehead atoms. The van der Waals surface area contributed by atoms with Gasteiger partial charge in [0.25, 0.3) is 5.56 Å². The van der Waals surface area contributed by atoms with Gasteiger partial charge in [0.15, 0.2) is 0 Å². The SMILES string of the molecule is CCOC1Cc2ccccc2C1Nc1c(CC)nc(-c2ccc(C(F)(F)F)cc2Cl)n(C)c1=O. The van der Waals surface area contributed by atoms with E-state index >= 15 is 0 Å². The van der Waals surface area contributed by atoms with Crippen LogP contribution in [0.1, 0.15) is 42.3 Å². The predicted octanol–water partition coefficient (Wildman–Crippen LogP) is 5.80. The highest BCUT2D eigenvalue weighted by Crippen LogP contribution is 2.37. The molecule has 0 aliphatic heterocycles. The van der Waals surface area contributed by atoms with Crippen molar-refractivity contribution in [3.05, 3.63) is 80.2 Å². The van der Waals surface area contributed by atoms with E-state index in [0.717, 1.165) is 29.7 Å². The minimum atomic E-state index is -4.52. The maximum atomic E-state index is 13.4. The number of aromatic nitrogens is 2. The predicted molar refractivity (Wildman–Crippen MR) is 126 cm³/mol. The van der Waals surface area contributed by atoms with E-state index in [1.54, 1.807) is 0 Å². The summed E-state index contributed by atoms with van der Waals surface area (Å²) >= 11 is 6.19. The summed E-state index contributed by atoms with van der Waals surface area (Å²) in [5, 5.41) is 3.26. The van der Waals surface area contributed by atoms with Crippen molar-refractivity contribution in [3.63, 3.8) is 0 Å². The molecule has 2 atom stereocenters. The number of nitrogens with one attached hydrogen (secondary N) is 1.